The van der Waals surface area contributed by atoms with Gasteiger partial charge in [-0.1, -0.05) is 31.5 Å². The molecule has 0 aromatic carbocycles. The molecule has 0 aliphatic heterocycles. The average molecular weight is 342 g/mol. The Morgan fingerprint density at radius 1 is 1.39 bits per heavy atom. The van der Waals surface area contributed by atoms with Crippen molar-refractivity contribution in [2.75, 3.05) is 0 Å². The Labute approximate surface area is 137 Å². The van der Waals surface area contributed by atoms with Crippen LogP contribution in [0.1, 0.15) is 62.4 Å². The number of aromatic nitrogens is 4. The average Bonchev–Trinajstić information content (AvgIpc) is 3.11. The zero-order valence-corrected chi connectivity index (χ0v) is 14.0. The first-order valence-corrected chi connectivity index (χ1v) is 8.79. The van der Waals surface area contributed by atoms with Crippen molar-refractivity contribution in [1.82, 2.24) is 19.7 Å². The highest BCUT2D eigenvalue weighted by Crippen LogP contribution is 2.36. The summed E-state index contributed by atoms with van der Waals surface area (Å²) >= 11 is 1.39. The van der Waals surface area contributed by atoms with E-state index in [4.69, 9.17) is 4.42 Å². The van der Waals surface area contributed by atoms with Gasteiger partial charge in [-0.05, 0) is 25.7 Å². The van der Waals surface area contributed by atoms with Gasteiger partial charge in [0.25, 0.3) is 6.43 Å². The van der Waals surface area contributed by atoms with Crippen LogP contribution in [0.5, 0.6) is 0 Å². The van der Waals surface area contributed by atoms with Crippen LogP contribution in [0.15, 0.2) is 16.0 Å². The van der Waals surface area contributed by atoms with Crippen molar-refractivity contribution >= 4 is 11.8 Å². The van der Waals surface area contributed by atoms with Gasteiger partial charge in [0.15, 0.2) is 17.3 Å². The van der Waals surface area contributed by atoms with Gasteiger partial charge in [0, 0.05) is 11.8 Å². The Morgan fingerprint density at radius 2 is 2.22 bits per heavy atom. The van der Waals surface area contributed by atoms with E-state index in [1.807, 2.05) is 6.92 Å². The van der Waals surface area contributed by atoms with Crippen molar-refractivity contribution in [3.63, 3.8) is 0 Å². The lowest BCUT2D eigenvalue weighted by molar-refractivity contribution is 0.121. The van der Waals surface area contributed by atoms with Crippen LogP contribution in [0.2, 0.25) is 0 Å². The molecule has 2 unspecified atom stereocenters. The van der Waals surface area contributed by atoms with Gasteiger partial charge >= 0.3 is 0 Å². The van der Waals surface area contributed by atoms with Gasteiger partial charge in [0.2, 0.25) is 0 Å². The number of alkyl halides is 2. The number of aryl methyl sites for hydroxylation is 1. The molecule has 8 heteroatoms. The number of halogens is 2. The zero-order valence-electron chi connectivity index (χ0n) is 13.2. The quantitative estimate of drug-likeness (QED) is 0.746. The second-order valence-electron chi connectivity index (χ2n) is 6.08. The van der Waals surface area contributed by atoms with Crippen molar-refractivity contribution in [3.8, 4) is 0 Å². The summed E-state index contributed by atoms with van der Waals surface area (Å²) in [6.45, 7) is 4.21. The normalized spacial score (nSPS) is 22.0. The molecule has 0 saturated heterocycles. The molecule has 1 aliphatic carbocycles. The third kappa shape index (κ3) is 3.57. The Balaban J connectivity index is 1.75. The maximum atomic E-state index is 12.8. The lowest BCUT2D eigenvalue weighted by Gasteiger charge is -2.29. The first kappa shape index (κ1) is 16.4. The molecule has 0 spiro atoms. The molecule has 23 heavy (non-hydrogen) atoms. The molecule has 1 aliphatic rings. The third-order valence-corrected chi connectivity index (χ3v) is 5.27. The molecule has 2 aromatic heterocycles. The van der Waals surface area contributed by atoms with E-state index in [1.165, 1.54) is 24.6 Å². The summed E-state index contributed by atoms with van der Waals surface area (Å²) in [5.74, 6) is 1.51. The molecule has 0 bridgehead atoms. The molecule has 3 rings (SSSR count). The molecular formula is C15H20F2N4OS. The molecule has 2 atom stereocenters. The molecule has 2 aromatic rings. The first-order valence-electron chi connectivity index (χ1n) is 7.81. The Hall–Kier alpha value is -1.44. The molecular weight excluding hydrogens is 322 g/mol. The molecule has 126 valence electrons. The van der Waals surface area contributed by atoms with Crippen molar-refractivity contribution < 1.29 is 13.2 Å². The Morgan fingerprint density at radius 3 is 2.96 bits per heavy atom. The predicted molar refractivity (Wildman–Crippen MR) is 82.4 cm³/mol. The number of nitrogens with zero attached hydrogens (tertiary/aromatic N) is 4. The van der Waals surface area contributed by atoms with Gasteiger partial charge in [0.05, 0.1) is 5.69 Å². The largest absolute Gasteiger partial charge is 0.442 e. The van der Waals surface area contributed by atoms with Crippen molar-refractivity contribution in [1.29, 1.82) is 0 Å². The maximum Gasteiger partial charge on any atom is 0.297 e. The van der Waals surface area contributed by atoms with Gasteiger partial charge in [-0.25, -0.2) is 13.8 Å². The van der Waals surface area contributed by atoms with Gasteiger partial charge in [-0.15, -0.1) is 10.2 Å². The standard InChI is InChI=1S/C15H20F2N4OS/c1-9-4-3-5-11(6-9)21-10(2)19-20-15(21)23-7-12-13(14(16)17)22-8-18-12/h8-9,11,14H,3-7H2,1-2H3. The first-order chi connectivity index (χ1) is 11.1. The van der Waals surface area contributed by atoms with Gasteiger partial charge in [-0.2, -0.15) is 0 Å². The van der Waals surface area contributed by atoms with Crippen LogP contribution in [0.3, 0.4) is 0 Å². The topological polar surface area (TPSA) is 56.7 Å². The van der Waals surface area contributed by atoms with Crippen LogP contribution in [0.25, 0.3) is 0 Å². The summed E-state index contributed by atoms with van der Waals surface area (Å²) in [6.07, 6.45) is 3.10. The second-order valence-corrected chi connectivity index (χ2v) is 7.02. The molecule has 0 amide bonds. The molecule has 2 heterocycles. The van der Waals surface area contributed by atoms with E-state index < -0.39 is 6.43 Å². The summed E-state index contributed by atoms with van der Waals surface area (Å²) in [4.78, 5) is 3.89. The van der Waals surface area contributed by atoms with E-state index in [-0.39, 0.29) is 11.5 Å². The molecule has 5 nitrogen and oxygen atoms in total. The fourth-order valence-electron chi connectivity index (χ4n) is 3.20. The van der Waals surface area contributed by atoms with Crippen LogP contribution in [0, 0.1) is 12.8 Å². The number of thioether (sulfide) groups is 1. The summed E-state index contributed by atoms with van der Waals surface area (Å²) in [7, 11) is 0. The minimum absolute atomic E-state index is 0.272. The van der Waals surface area contributed by atoms with E-state index in [9.17, 15) is 8.78 Å². The van der Waals surface area contributed by atoms with Crippen LogP contribution in [0.4, 0.5) is 8.78 Å². The van der Waals surface area contributed by atoms with E-state index in [1.54, 1.807) is 0 Å². The number of hydrogen-bond acceptors (Lipinski definition) is 5. The van der Waals surface area contributed by atoms with Crippen LogP contribution in [-0.2, 0) is 5.75 Å². The van der Waals surface area contributed by atoms with E-state index in [0.29, 0.717) is 17.7 Å². The van der Waals surface area contributed by atoms with Crippen LogP contribution < -0.4 is 0 Å². The van der Waals surface area contributed by atoms with Gasteiger partial charge < -0.3 is 8.98 Å². The van der Waals surface area contributed by atoms with Crippen molar-refractivity contribution in [2.45, 2.75) is 62.9 Å². The van der Waals surface area contributed by atoms with E-state index in [0.717, 1.165) is 30.2 Å². The molecule has 1 saturated carbocycles. The summed E-state index contributed by atoms with van der Waals surface area (Å²) in [5, 5.41) is 9.16. The maximum absolute atomic E-state index is 12.8. The summed E-state index contributed by atoms with van der Waals surface area (Å²) in [6, 6.07) is 0.392. The summed E-state index contributed by atoms with van der Waals surface area (Å²) in [5.41, 5.74) is 0.272. The summed E-state index contributed by atoms with van der Waals surface area (Å²) < 4.78 is 32.6. The molecule has 0 radical (unpaired) electrons. The number of oxazole rings is 1. The fourth-order valence-corrected chi connectivity index (χ4v) is 4.20. The van der Waals surface area contributed by atoms with Gasteiger partial charge in [0.1, 0.15) is 5.82 Å². The zero-order chi connectivity index (χ0) is 16.4. The Kier molecular flexibility index (Phi) is 4.99. The number of rotatable bonds is 5. The van der Waals surface area contributed by atoms with Crippen LogP contribution >= 0.6 is 11.8 Å². The highest BCUT2D eigenvalue weighted by atomic mass is 32.2. The van der Waals surface area contributed by atoms with Crippen molar-refractivity contribution in [3.05, 3.63) is 23.7 Å². The highest BCUT2D eigenvalue weighted by molar-refractivity contribution is 7.98. The van der Waals surface area contributed by atoms with E-state index >= 15 is 0 Å². The van der Waals surface area contributed by atoms with Crippen LogP contribution in [-0.4, -0.2) is 19.7 Å². The smallest absolute Gasteiger partial charge is 0.297 e. The molecule has 1 fully saturated rings. The lowest BCUT2D eigenvalue weighted by Crippen LogP contribution is -2.19. The monoisotopic (exact) mass is 342 g/mol. The highest BCUT2D eigenvalue weighted by Gasteiger charge is 2.25. The van der Waals surface area contributed by atoms with Crippen molar-refractivity contribution in [2.24, 2.45) is 5.92 Å². The minimum atomic E-state index is -2.65. The third-order valence-electron chi connectivity index (χ3n) is 4.32. The van der Waals surface area contributed by atoms with Gasteiger partial charge in [-0.3, -0.25) is 0 Å². The Bertz CT molecular complexity index is 658. The predicted octanol–water partition coefficient (Wildman–Crippen LogP) is 4.56. The lowest BCUT2D eigenvalue weighted by atomic mass is 9.87. The number of hydrogen-bond donors (Lipinski definition) is 0. The second kappa shape index (κ2) is 6.98. The molecule has 0 N–H and O–H groups in total. The van der Waals surface area contributed by atoms with E-state index in [2.05, 4.69) is 26.7 Å². The fraction of sp³-hybridized carbons (Fsp3) is 0.667. The SMILES string of the molecule is Cc1nnc(SCc2ncoc2C(F)F)n1C1CCCC(C)C1. The minimum Gasteiger partial charge on any atom is -0.442 e.